The fourth-order valence-electron chi connectivity index (χ4n) is 0.381. The second-order valence-corrected chi connectivity index (χ2v) is 1.87. The van der Waals surface area contributed by atoms with Crippen LogP contribution in [0.4, 0.5) is 0 Å². The van der Waals surface area contributed by atoms with Crippen molar-refractivity contribution in [3.8, 4) is 0 Å². The van der Waals surface area contributed by atoms with Gasteiger partial charge in [0, 0.05) is 7.05 Å². The van der Waals surface area contributed by atoms with Gasteiger partial charge < -0.3 is 0 Å². The highest BCUT2D eigenvalue weighted by Crippen LogP contribution is 1.89. The second-order valence-electron chi connectivity index (χ2n) is 1.50. The van der Waals surface area contributed by atoms with Crippen molar-refractivity contribution in [1.29, 1.82) is 0 Å². The second kappa shape index (κ2) is 2.10. The molecular weight excluding hydrogens is 138 g/mol. The lowest BCUT2D eigenvalue weighted by molar-refractivity contribution is 0.613. The van der Waals surface area contributed by atoms with Crippen LogP contribution in [-0.4, -0.2) is 14.8 Å². The third-order valence-electron chi connectivity index (χ3n) is 0.824. The Kier molecular flexibility index (Phi) is 1.44. The quantitative estimate of drug-likeness (QED) is 0.501. The van der Waals surface area contributed by atoms with Crippen molar-refractivity contribution in [2.45, 2.75) is 5.16 Å². The van der Waals surface area contributed by atoms with Crippen LogP contribution in [0.1, 0.15) is 0 Å². The lowest BCUT2D eigenvalue weighted by Gasteiger charge is -1.93. The molecule has 0 bridgehead atoms. The van der Waals surface area contributed by atoms with Gasteiger partial charge in [-0.3, -0.25) is 4.79 Å². The summed E-state index contributed by atoms with van der Waals surface area (Å²) >= 11 is 4.63. The molecule has 1 heterocycles. The van der Waals surface area contributed by atoms with Crippen LogP contribution in [0.2, 0.25) is 0 Å². The van der Waals surface area contributed by atoms with Gasteiger partial charge in [-0.1, -0.05) is 0 Å². The van der Waals surface area contributed by atoms with Crippen molar-refractivity contribution in [3.63, 3.8) is 0 Å². The molecule has 0 amide bonds. The van der Waals surface area contributed by atoms with E-state index in [0.29, 0.717) is 0 Å². The smallest absolute Gasteiger partial charge is 0.266 e. The van der Waals surface area contributed by atoms with Gasteiger partial charge in [0.15, 0.2) is 0 Å². The predicted molar refractivity (Wildman–Crippen MR) is 33.1 cm³/mol. The summed E-state index contributed by atoms with van der Waals surface area (Å²) in [4.78, 5) is 13.8. The molecule has 1 rings (SSSR count). The molecule has 0 atom stereocenters. The van der Waals surface area contributed by atoms with E-state index in [1.54, 1.807) is 7.05 Å². The molecule has 0 N–H and O–H groups in total. The predicted octanol–water partition coefficient (Wildman–Crippen LogP) is -0.268. The molecule has 0 saturated heterocycles. The first-order chi connectivity index (χ1) is 4.20. The van der Waals surface area contributed by atoms with Crippen LogP contribution in [0.25, 0.3) is 0 Å². The number of hydrogen-bond acceptors (Lipinski definition) is 3. The molecule has 0 saturated carbocycles. The standard InChI is InChI=1S/C4H4N3OS/c1-7-4(9)6-3(8)2-5-7/h2H,1H3. The van der Waals surface area contributed by atoms with Crippen LogP contribution in [0.5, 0.6) is 0 Å². The topological polar surface area (TPSA) is 47.8 Å². The molecule has 4 nitrogen and oxygen atoms in total. The average Bonchev–Trinajstić information content (AvgIpc) is 1.80. The molecule has 0 fully saturated rings. The Labute approximate surface area is 57.0 Å². The van der Waals surface area contributed by atoms with Crippen LogP contribution in [-0.2, 0) is 7.05 Å². The summed E-state index contributed by atoms with van der Waals surface area (Å²) in [7, 11) is 1.63. The largest absolute Gasteiger partial charge is 0.292 e. The van der Waals surface area contributed by atoms with Crippen LogP contribution in [0.3, 0.4) is 0 Å². The fraction of sp³-hybridized carbons (Fsp3) is 0.250. The molecular formula is C4H4N3OS. The third-order valence-corrected chi connectivity index (χ3v) is 1.18. The highest BCUT2D eigenvalue weighted by Gasteiger charge is 1.92. The molecule has 1 aromatic rings. The molecule has 47 valence electrons. The van der Waals surface area contributed by atoms with E-state index < -0.39 is 5.56 Å². The number of nitrogens with zero attached hydrogens (tertiary/aromatic N) is 3. The Morgan fingerprint density at radius 3 is 2.89 bits per heavy atom. The van der Waals surface area contributed by atoms with Crippen LogP contribution < -0.4 is 5.56 Å². The zero-order chi connectivity index (χ0) is 6.85. The van der Waals surface area contributed by atoms with Gasteiger partial charge in [-0.2, -0.15) is 10.1 Å². The molecule has 0 aliphatic carbocycles. The number of rotatable bonds is 0. The molecule has 0 unspecified atom stereocenters. The van der Waals surface area contributed by atoms with Gasteiger partial charge in [0.05, 0.1) is 0 Å². The Morgan fingerprint density at radius 2 is 2.44 bits per heavy atom. The van der Waals surface area contributed by atoms with Crippen molar-refractivity contribution < 1.29 is 0 Å². The van der Waals surface area contributed by atoms with Crippen molar-refractivity contribution >= 4 is 12.6 Å². The van der Waals surface area contributed by atoms with Gasteiger partial charge in [0.2, 0.25) is 5.16 Å². The lowest BCUT2D eigenvalue weighted by atomic mass is 10.8. The summed E-state index contributed by atoms with van der Waals surface area (Å²) in [5.41, 5.74) is -0.391. The van der Waals surface area contributed by atoms with E-state index in [1.165, 1.54) is 4.68 Å². The number of aromatic nitrogens is 3. The minimum atomic E-state index is -0.391. The molecule has 0 aliphatic heterocycles. The first-order valence-corrected chi connectivity index (χ1v) is 2.68. The third kappa shape index (κ3) is 1.23. The maximum atomic E-state index is 10.4. The van der Waals surface area contributed by atoms with Gasteiger partial charge in [0.1, 0.15) is 6.20 Å². The molecule has 1 aromatic heterocycles. The van der Waals surface area contributed by atoms with E-state index in [1.807, 2.05) is 0 Å². The van der Waals surface area contributed by atoms with E-state index in [-0.39, 0.29) is 5.16 Å². The van der Waals surface area contributed by atoms with Gasteiger partial charge in [-0.15, -0.1) is 0 Å². The minimum absolute atomic E-state index is 0.211. The van der Waals surface area contributed by atoms with Crippen LogP contribution >= 0.6 is 12.6 Å². The average molecular weight is 142 g/mol. The Hall–Kier alpha value is -0.970. The number of hydrogen-bond donors (Lipinski definition) is 0. The number of aryl methyl sites for hydroxylation is 1. The molecule has 0 spiro atoms. The summed E-state index contributed by atoms with van der Waals surface area (Å²) in [6, 6.07) is 0. The summed E-state index contributed by atoms with van der Waals surface area (Å²) in [6.45, 7) is 0. The van der Waals surface area contributed by atoms with Gasteiger partial charge in [-0.25, -0.2) is 4.68 Å². The van der Waals surface area contributed by atoms with Gasteiger partial charge >= 0.3 is 0 Å². The zero-order valence-electron chi connectivity index (χ0n) is 4.74. The van der Waals surface area contributed by atoms with Crippen molar-refractivity contribution in [2.24, 2.45) is 7.05 Å². The van der Waals surface area contributed by atoms with Crippen molar-refractivity contribution in [3.05, 3.63) is 16.6 Å². The SMILES string of the molecule is Cn1ncc(=O)nc1[S]. The van der Waals surface area contributed by atoms with E-state index in [2.05, 4.69) is 22.7 Å². The van der Waals surface area contributed by atoms with Gasteiger partial charge in [0.25, 0.3) is 5.56 Å². The highest BCUT2D eigenvalue weighted by molar-refractivity contribution is 7.80. The molecule has 1 radical (unpaired) electrons. The minimum Gasteiger partial charge on any atom is -0.266 e. The van der Waals surface area contributed by atoms with E-state index in [0.717, 1.165) is 6.20 Å². The van der Waals surface area contributed by atoms with E-state index >= 15 is 0 Å². The van der Waals surface area contributed by atoms with Crippen LogP contribution in [0, 0.1) is 0 Å². The molecule has 0 aromatic carbocycles. The molecule has 9 heavy (non-hydrogen) atoms. The summed E-state index contributed by atoms with van der Waals surface area (Å²) in [5, 5.41) is 3.83. The van der Waals surface area contributed by atoms with E-state index in [9.17, 15) is 4.79 Å². The summed E-state index contributed by atoms with van der Waals surface area (Å²) in [5.74, 6) is 0. The van der Waals surface area contributed by atoms with Gasteiger partial charge in [-0.05, 0) is 12.6 Å². The lowest BCUT2D eigenvalue weighted by Crippen LogP contribution is -2.12. The normalized spacial score (nSPS) is 9.44. The molecule has 5 heteroatoms. The van der Waals surface area contributed by atoms with Crippen molar-refractivity contribution in [1.82, 2.24) is 14.8 Å². The molecule has 0 aliphatic rings. The monoisotopic (exact) mass is 142 g/mol. The zero-order valence-corrected chi connectivity index (χ0v) is 5.55. The van der Waals surface area contributed by atoms with Crippen LogP contribution in [0.15, 0.2) is 16.1 Å². The summed E-state index contributed by atoms with van der Waals surface area (Å²) in [6.07, 6.45) is 1.12. The Bertz CT molecular complexity index is 269. The maximum Gasteiger partial charge on any atom is 0.292 e. The maximum absolute atomic E-state index is 10.4. The first-order valence-electron chi connectivity index (χ1n) is 2.27. The fourth-order valence-corrected chi connectivity index (χ4v) is 0.518. The first kappa shape index (κ1) is 6.15. The Morgan fingerprint density at radius 1 is 1.78 bits per heavy atom. The van der Waals surface area contributed by atoms with Crippen molar-refractivity contribution in [2.75, 3.05) is 0 Å². The Balaban J connectivity index is 3.34. The van der Waals surface area contributed by atoms with E-state index in [4.69, 9.17) is 0 Å². The summed E-state index contributed by atoms with van der Waals surface area (Å²) < 4.78 is 1.36. The highest BCUT2D eigenvalue weighted by atomic mass is 32.1.